The number of nitrogens with zero attached hydrogens (tertiary/aromatic N) is 1. The summed E-state index contributed by atoms with van der Waals surface area (Å²) < 4.78 is 38.3. The van der Waals surface area contributed by atoms with Gasteiger partial charge < -0.3 is 14.8 Å². The number of hydrogen-bond donors (Lipinski definition) is 1. The molecular formula is C25H26N2O5S. The highest BCUT2D eigenvalue weighted by Gasteiger charge is 2.33. The van der Waals surface area contributed by atoms with Crippen LogP contribution in [0.5, 0.6) is 17.2 Å². The first-order valence-electron chi connectivity index (χ1n) is 10.7. The van der Waals surface area contributed by atoms with Gasteiger partial charge in [0.2, 0.25) is 15.9 Å². The highest BCUT2D eigenvalue weighted by atomic mass is 32.2. The molecule has 0 radical (unpaired) electrons. The maximum Gasteiger partial charge on any atom is 0.243 e. The second-order valence-corrected chi connectivity index (χ2v) is 9.74. The van der Waals surface area contributed by atoms with Gasteiger partial charge in [0.25, 0.3) is 0 Å². The summed E-state index contributed by atoms with van der Waals surface area (Å²) in [5, 5.41) is 2.90. The van der Waals surface area contributed by atoms with Gasteiger partial charge in [-0.1, -0.05) is 18.2 Å². The molecule has 1 heterocycles. The van der Waals surface area contributed by atoms with Crippen molar-refractivity contribution in [2.45, 2.75) is 17.7 Å². The molecule has 4 rings (SSSR count). The van der Waals surface area contributed by atoms with Crippen LogP contribution in [0.15, 0.2) is 83.8 Å². The number of methoxy groups -OCH3 is 1. The second kappa shape index (κ2) is 10.1. The third-order valence-electron chi connectivity index (χ3n) is 5.55. The number of piperidine rings is 1. The van der Waals surface area contributed by atoms with Crippen LogP contribution < -0.4 is 14.8 Å². The first-order valence-corrected chi connectivity index (χ1v) is 12.2. The van der Waals surface area contributed by atoms with E-state index >= 15 is 0 Å². The van der Waals surface area contributed by atoms with E-state index in [4.69, 9.17) is 9.47 Å². The van der Waals surface area contributed by atoms with E-state index in [1.54, 1.807) is 36.4 Å². The van der Waals surface area contributed by atoms with Gasteiger partial charge in [0.05, 0.1) is 17.9 Å². The highest BCUT2D eigenvalue weighted by molar-refractivity contribution is 7.89. The molecule has 1 N–H and O–H groups in total. The van der Waals surface area contributed by atoms with Crippen molar-refractivity contribution >= 4 is 21.6 Å². The standard InChI is InChI=1S/C25H26N2O5S/c1-31-21-13-15-24(16-14-21)33(29,30)27-17-5-6-19(18-27)25(28)26-20-9-11-23(12-10-20)32-22-7-3-2-4-8-22/h2-4,7-16,19H,5-6,17-18H2,1H3,(H,26,28)/t19-/m1/s1. The number of sulfonamides is 1. The van der Waals surface area contributed by atoms with Gasteiger partial charge in [0.15, 0.2) is 0 Å². The lowest BCUT2D eigenvalue weighted by molar-refractivity contribution is -0.120. The molecule has 172 valence electrons. The molecule has 3 aromatic rings. The largest absolute Gasteiger partial charge is 0.497 e. The fourth-order valence-electron chi connectivity index (χ4n) is 3.75. The quantitative estimate of drug-likeness (QED) is 0.553. The van der Waals surface area contributed by atoms with Gasteiger partial charge >= 0.3 is 0 Å². The maximum absolute atomic E-state index is 13.0. The molecule has 33 heavy (non-hydrogen) atoms. The number of hydrogen-bond acceptors (Lipinski definition) is 5. The molecule has 0 aliphatic carbocycles. The molecular weight excluding hydrogens is 440 g/mol. The Balaban J connectivity index is 1.38. The van der Waals surface area contributed by atoms with E-state index in [-0.39, 0.29) is 17.3 Å². The van der Waals surface area contributed by atoms with E-state index in [9.17, 15) is 13.2 Å². The van der Waals surface area contributed by atoms with E-state index in [2.05, 4.69) is 5.32 Å². The summed E-state index contributed by atoms with van der Waals surface area (Å²) in [6.45, 7) is 0.541. The predicted octanol–water partition coefficient (Wildman–Crippen LogP) is 4.53. The number of carbonyl (C=O) groups excluding carboxylic acids is 1. The average molecular weight is 467 g/mol. The fourth-order valence-corrected chi connectivity index (χ4v) is 5.27. The molecule has 1 atom stereocenters. The Bertz CT molecular complexity index is 1180. The number of anilines is 1. The van der Waals surface area contributed by atoms with E-state index in [1.807, 2.05) is 30.3 Å². The summed E-state index contributed by atoms with van der Waals surface area (Å²) in [6.07, 6.45) is 1.26. The normalized spacial score (nSPS) is 16.7. The number of para-hydroxylation sites is 1. The Kier molecular flexibility index (Phi) is 6.96. The zero-order chi connectivity index (χ0) is 23.3. The summed E-state index contributed by atoms with van der Waals surface area (Å²) in [4.78, 5) is 13.0. The first kappa shape index (κ1) is 22.8. The van der Waals surface area contributed by atoms with E-state index in [0.717, 1.165) is 5.75 Å². The van der Waals surface area contributed by atoms with Gasteiger partial charge in [-0.05, 0) is 73.5 Å². The molecule has 1 aliphatic heterocycles. The first-order chi connectivity index (χ1) is 16.0. The van der Waals surface area contributed by atoms with Gasteiger partial charge in [-0.3, -0.25) is 4.79 Å². The zero-order valence-corrected chi connectivity index (χ0v) is 19.1. The van der Waals surface area contributed by atoms with Crippen LogP contribution in [0.1, 0.15) is 12.8 Å². The molecule has 1 saturated heterocycles. The summed E-state index contributed by atoms with van der Waals surface area (Å²) in [6, 6.07) is 22.8. The molecule has 7 nitrogen and oxygen atoms in total. The summed E-state index contributed by atoms with van der Waals surface area (Å²) in [7, 11) is -2.15. The van der Waals surface area contributed by atoms with Crippen LogP contribution in [0.3, 0.4) is 0 Å². The lowest BCUT2D eigenvalue weighted by Crippen LogP contribution is -2.43. The number of amides is 1. The Morgan fingerprint density at radius 2 is 1.55 bits per heavy atom. The van der Waals surface area contributed by atoms with Crippen LogP contribution in [0.2, 0.25) is 0 Å². The van der Waals surface area contributed by atoms with E-state index in [1.165, 1.54) is 23.5 Å². The van der Waals surface area contributed by atoms with Crippen LogP contribution in [0, 0.1) is 5.92 Å². The monoisotopic (exact) mass is 466 g/mol. The molecule has 8 heteroatoms. The molecule has 0 aromatic heterocycles. The zero-order valence-electron chi connectivity index (χ0n) is 18.3. The van der Waals surface area contributed by atoms with E-state index in [0.29, 0.717) is 36.6 Å². The topological polar surface area (TPSA) is 84.9 Å². The van der Waals surface area contributed by atoms with Crippen molar-refractivity contribution in [2.75, 3.05) is 25.5 Å². The van der Waals surface area contributed by atoms with Gasteiger partial charge in [-0.15, -0.1) is 0 Å². The predicted molar refractivity (Wildman–Crippen MR) is 126 cm³/mol. The minimum Gasteiger partial charge on any atom is -0.497 e. The molecule has 0 unspecified atom stereocenters. The van der Waals surface area contributed by atoms with Crippen LogP contribution in [-0.2, 0) is 14.8 Å². The summed E-state index contributed by atoms with van der Waals surface area (Å²) >= 11 is 0. The number of nitrogens with one attached hydrogen (secondary N) is 1. The van der Waals surface area contributed by atoms with Crippen molar-refractivity contribution in [1.82, 2.24) is 4.31 Å². The molecule has 1 fully saturated rings. The smallest absolute Gasteiger partial charge is 0.243 e. The van der Waals surface area contributed by atoms with Gasteiger partial charge in [0.1, 0.15) is 17.2 Å². The Morgan fingerprint density at radius 1 is 0.909 bits per heavy atom. The molecule has 1 amide bonds. The maximum atomic E-state index is 13.0. The molecule has 1 aliphatic rings. The minimum atomic E-state index is -3.68. The Labute approximate surface area is 194 Å². The molecule has 3 aromatic carbocycles. The Morgan fingerprint density at radius 3 is 2.21 bits per heavy atom. The van der Waals surface area contributed by atoms with Crippen LogP contribution in [0.4, 0.5) is 5.69 Å². The lowest BCUT2D eigenvalue weighted by atomic mass is 9.99. The Hall–Kier alpha value is -3.36. The molecule has 0 spiro atoms. The van der Waals surface area contributed by atoms with E-state index < -0.39 is 15.9 Å². The van der Waals surface area contributed by atoms with Crippen molar-refractivity contribution in [3.05, 3.63) is 78.9 Å². The lowest BCUT2D eigenvalue weighted by Gasteiger charge is -2.31. The highest BCUT2D eigenvalue weighted by Crippen LogP contribution is 2.27. The minimum absolute atomic E-state index is 0.148. The number of benzene rings is 3. The van der Waals surface area contributed by atoms with Gasteiger partial charge in [-0.2, -0.15) is 4.31 Å². The van der Waals surface area contributed by atoms with Crippen molar-refractivity contribution in [2.24, 2.45) is 5.92 Å². The summed E-state index contributed by atoms with van der Waals surface area (Å²) in [5.41, 5.74) is 0.635. The summed E-state index contributed by atoms with van der Waals surface area (Å²) in [5.74, 6) is 1.36. The van der Waals surface area contributed by atoms with Gasteiger partial charge in [-0.25, -0.2) is 8.42 Å². The number of ether oxygens (including phenoxy) is 2. The average Bonchev–Trinajstić information content (AvgIpc) is 2.86. The van der Waals surface area contributed by atoms with Crippen LogP contribution >= 0.6 is 0 Å². The van der Waals surface area contributed by atoms with Crippen molar-refractivity contribution in [3.8, 4) is 17.2 Å². The van der Waals surface area contributed by atoms with Crippen LogP contribution in [0.25, 0.3) is 0 Å². The van der Waals surface area contributed by atoms with Crippen molar-refractivity contribution in [1.29, 1.82) is 0 Å². The third kappa shape index (κ3) is 5.53. The van der Waals surface area contributed by atoms with Crippen molar-refractivity contribution < 1.29 is 22.7 Å². The SMILES string of the molecule is COc1ccc(S(=O)(=O)N2CCC[C@@H](C(=O)Nc3ccc(Oc4ccccc4)cc3)C2)cc1. The van der Waals surface area contributed by atoms with Crippen LogP contribution in [-0.4, -0.2) is 38.8 Å². The number of carbonyl (C=O) groups is 1. The van der Waals surface area contributed by atoms with Gasteiger partial charge in [0, 0.05) is 18.8 Å². The molecule has 0 bridgehead atoms. The second-order valence-electron chi connectivity index (χ2n) is 7.81. The third-order valence-corrected chi connectivity index (χ3v) is 7.43. The van der Waals surface area contributed by atoms with Crippen molar-refractivity contribution in [3.63, 3.8) is 0 Å². The number of rotatable bonds is 7. The fraction of sp³-hybridized carbons (Fsp3) is 0.240. The molecule has 0 saturated carbocycles.